The van der Waals surface area contributed by atoms with Crippen LogP contribution < -0.4 is 54.0 Å². The van der Waals surface area contributed by atoms with E-state index in [1.54, 1.807) is 44.2 Å². The molecule has 1 aromatic carbocycles. The predicted molar refractivity (Wildman–Crippen MR) is 245 cm³/mol. The van der Waals surface area contributed by atoms with Crippen molar-refractivity contribution in [2.24, 2.45) is 17.4 Å². The van der Waals surface area contributed by atoms with Gasteiger partial charge < -0.3 is 89.5 Å². The molecule has 1 aliphatic rings. The molecule has 1 saturated heterocycles. The molecule has 0 unspecified atom stereocenters. The second-order valence-corrected chi connectivity index (χ2v) is 17.0. The molecule has 1 fully saturated rings. The minimum Gasteiger partial charge on any atom is -0.480 e. The summed E-state index contributed by atoms with van der Waals surface area (Å²) in [5.74, 6) is -12.0. The minimum absolute atomic E-state index is 0.0225. The third-order valence-corrected chi connectivity index (χ3v) is 10.9. The van der Waals surface area contributed by atoms with Crippen molar-refractivity contribution in [1.82, 2.24) is 47.4 Å². The smallest absolute Gasteiger partial charge is 0.325 e. The summed E-state index contributed by atoms with van der Waals surface area (Å²) >= 11 is 0. The molecule has 10 atom stereocenters. The zero-order valence-corrected chi connectivity index (χ0v) is 39.5. The number of hydrogen-bond acceptors (Lipinski definition) is 17. The molecule has 0 aliphatic carbocycles. The Morgan fingerprint density at radius 3 is 1.45 bits per heavy atom. The van der Waals surface area contributed by atoms with Crippen molar-refractivity contribution in [1.29, 1.82) is 0 Å². The molecule has 0 bridgehead atoms. The van der Waals surface area contributed by atoms with Crippen LogP contribution in [0.2, 0.25) is 0 Å². The largest absolute Gasteiger partial charge is 0.480 e. The average Bonchev–Trinajstić information content (AvgIpc) is 3.83. The second-order valence-electron chi connectivity index (χ2n) is 17.0. The first-order valence-corrected chi connectivity index (χ1v) is 22.6. The molecule has 1 aliphatic heterocycles. The molecular weight excluding hydrogens is 943 g/mol. The number of amides is 10. The van der Waals surface area contributed by atoms with Crippen molar-refractivity contribution in [2.75, 3.05) is 39.6 Å². The highest BCUT2D eigenvalue weighted by Crippen LogP contribution is 2.20. The maximum Gasteiger partial charge on any atom is 0.325 e. The Morgan fingerprint density at radius 2 is 1.01 bits per heavy atom. The molecule has 1 aromatic rings. The van der Waals surface area contributed by atoms with Gasteiger partial charge in [-0.1, -0.05) is 44.2 Å². The van der Waals surface area contributed by atoms with Gasteiger partial charge in [0.1, 0.15) is 54.4 Å². The zero-order chi connectivity index (χ0) is 53.5. The Labute approximate surface area is 407 Å². The first kappa shape index (κ1) is 60.3. The summed E-state index contributed by atoms with van der Waals surface area (Å²) in [6.07, 6.45) is -0.481. The standard InChI is InChI=1S/C43H67N11O17/c1-21(2)14-26(48-41(68)32-10-7-13-54(32)42(69)31(20-59)53-34(61)24(44)15-23-8-5-4-6-9-23)36(63)50-30(19-58)40(67)52-28(17-56)38(65)47-25(11-12-33(45)60)35(62)49-29(18-57)39(66)51-27(16-55)37(64)46-22(3)43(70)71/h4-6,8-9,21-22,24-32,55-59H,7,10-20,44H2,1-3H3,(H2,45,60)(H,46,64)(H,47,65)(H,48,68)(H,49,62)(H,50,63)(H,51,66)(H,52,67)(H,53,61)(H,70,71)/t22-,24-,25-,26-,27-,28-,29-,30-,31-,32-/m0/s1. The number of hydrogen-bond donors (Lipinski definition) is 16. The molecule has 28 nitrogen and oxygen atoms in total. The van der Waals surface area contributed by atoms with Crippen LogP contribution in [0.5, 0.6) is 0 Å². The van der Waals surface area contributed by atoms with Gasteiger partial charge in [-0.05, 0) is 50.5 Å². The maximum atomic E-state index is 13.7. The number of likely N-dealkylation sites (tertiary alicyclic amines) is 1. The van der Waals surface area contributed by atoms with Crippen LogP contribution in [0.3, 0.4) is 0 Å². The number of benzene rings is 1. The normalized spacial score (nSPS) is 17.0. The summed E-state index contributed by atoms with van der Waals surface area (Å²) < 4.78 is 0. The van der Waals surface area contributed by atoms with E-state index in [1.165, 1.54) is 0 Å². The molecule has 396 valence electrons. The summed E-state index contributed by atoms with van der Waals surface area (Å²) in [6, 6.07) is -6.72. The molecular formula is C43H67N11O17. The van der Waals surface area contributed by atoms with Crippen LogP contribution in [0.15, 0.2) is 30.3 Å². The molecule has 71 heavy (non-hydrogen) atoms. The lowest BCUT2D eigenvalue weighted by molar-refractivity contribution is -0.143. The molecule has 0 radical (unpaired) electrons. The first-order chi connectivity index (χ1) is 33.5. The monoisotopic (exact) mass is 1010 g/mol. The van der Waals surface area contributed by atoms with Crippen LogP contribution >= 0.6 is 0 Å². The van der Waals surface area contributed by atoms with E-state index in [2.05, 4.69) is 31.9 Å². The van der Waals surface area contributed by atoms with Crippen LogP contribution in [-0.2, 0) is 59.2 Å². The lowest BCUT2D eigenvalue weighted by atomic mass is 10.0. The van der Waals surface area contributed by atoms with Crippen molar-refractivity contribution in [3.05, 3.63) is 35.9 Å². The molecule has 1 heterocycles. The number of carbonyl (C=O) groups is 11. The van der Waals surface area contributed by atoms with Crippen molar-refractivity contribution in [3.8, 4) is 0 Å². The highest BCUT2D eigenvalue weighted by Gasteiger charge is 2.40. The van der Waals surface area contributed by atoms with Crippen LogP contribution in [0.1, 0.15) is 58.4 Å². The summed E-state index contributed by atoms with van der Waals surface area (Å²) in [6.45, 7) is -0.617. The van der Waals surface area contributed by atoms with E-state index in [0.29, 0.717) is 6.42 Å². The number of aliphatic carboxylic acids is 1. The predicted octanol–water partition coefficient (Wildman–Crippen LogP) is -8.20. The molecule has 0 spiro atoms. The Kier molecular flexibility index (Phi) is 25.5. The number of nitrogens with two attached hydrogens (primary N) is 2. The van der Waals surface area contributed by atoms with Crippen LogP contribution in [0.25, 0.3) is 0 Å². The van der Waals surface area contributed by atoms with Gasteiger partial charge in [0, 0.05) is 13.0 Å². The number of carboxylic acid groups (broad SMARTS) is 1. The van der Waals surface area contributed by atoms with Gasteiger partial charge in [-0.25, -0.2) is 0 Å². The van der Waals surface area contributed by atoms with E-state index in [9.17, 15) is 78.3 Å². The number of aliphatic hydroxyl groups is 5. The maximum absolute atomic E-state index is 13.7. The van der Waals surface area contributed by atoms with Gasteiger partial charge in [-0.3, -0.25) is 52.7 Å². The van der Waals surface area contributed by atoms with Crippen molar-refractivity contribution in [3.63, 3.8) is 0 Å². The number of nitrogens with one attached hydrogen (secondary N) is 8. The lowest BCUT2D eigenvalue weighted by Gasteiger charge is -2.30. The van der Waals surface area contributed by atoms with Gasteiger partial charge >= 0.3 is 5.97 Å². The third-order valence-electron chi connectivity index (χ3n) is 10.9. The van der Waals surface area contributed by atoms with Crippen LogP contribution in [-0.4, -0.2) is 201 Å². The number of carboxylic acids is 1. The molecule has 10 amide bonds. The molecule has 0 saturated carbocycles. The summed E-state index contributed by atoms with van der Waals surface area (Å²) in [5.41, 5.74) is 12.0. The van der Waals surface area contributed by atoms with E-state index in [-0.39, 0.29) is 31.7 Å². The van der Waals surface area contributed by atoms with Gasteiger partial charge in [0.2, 0.25) is 59.1 Å². The average molecular weight is 1010 g/mol. The Morgan fingerprint density at radius 1 is 0.592 bits per heavy atom. The summed E-state index contributed by atoms with van der Waals surface area (Å²) in [7, 11) is 0. The van der Waals surface area contributed by atoms with Crippen LogP contribution in [0, 0.1) is 5.92 Å². The molecule has 28 heteroatoms. The number of aliphatic hydroxyl groups excluding tert-OH is 5. The van der Waals surface area contributed by atoms with Crippen LogP contribution in [0.4, 0.5) is 0 Å². The second kappa shape index (κ2) is 30.0. The number of primary amides is 1. The fourth-order valence-electron chi connectivity index (χ4n) is 6.97. The van der Waals surface area contributed by atoms with Gasteiger partial charge in [0.05, 0.1) is 39.1 Å². The molecule has 0 aromatic heterocycles. The highest BCUT2D eigenvalue weighted by atomic mass is 16.4. The summed E-state index contributed by atoms with van der Waals surface area (Å²) in [4.78, 5) is 143. The SMILES string of the molecule is CC(C)C[C@H](NC(=O)[C@@H]1CCCN1C(=O)[C@H](CO)NC(=O)[C@@H](N)Cc1ccccc1)C(=O)N[C@@H](CO)C(=O)N[C@@H](CO)C(=O)N[C@@H](CCC(N)=O)C(=O)N[C@@H](CO)C(=O)N[C@@H](CO)C(=O)N[C@@H](C)C(=O)O. The van der Waals surface area contributed by atoms with E-state index in [1.807, 2.05) is 10.6 Å². The fourth-order valence-corrected chi connectivity index (χ4v) is 6.97. The number of carbonyl (C=O) groups excluding carboxylic acids is 10. The van der Waals surface area contributed by atoms with E-state index in [4.69, 9.17) is 16.6 Å². The Bertz CT molecular complexity index is 2030. The third kappa shape index (κ3) is 19.5. The fraction of sp³-hybridized carbons (Fsp3) is 0.605. The Hall–Kier alpha value is -6.85. The number of nitrogens with zero attached hydrogens (tertiary/aromatic N) is 1. The quantitative estimate of drug-likeness (QED) is 0.0340. The zero-order valence-electron chi connectivity index (χ0n) is 39.5. The van der Waals surface area contributed by atoms with E-state index < -0.39 is 171 Å². The Balaban J connectivity index is 2.15. The summed E-state index contributed by atoms with van der Waals surface area (Å²) in [5, 5.41) is 76.4. The van der Waals surface area contributed by atoms with E-state index >= 15 is 0 Å². The molecule has 2 rings (SSSR count). The lowest BCUT2D eigenvalue weighted by Crippen LogP contribution is -2.62. The van der Waals surface area contributed by atoms with Crippen molar-refractivity contribution in [2.45, 2.75) is 120 Å². The topological polar surface area (TPSA) is 461 Å². The molecule has 18 N–H and O–H groups in total. The highest BCUT2D eigenvalue weighted by molar-refractivity contribution is 5.99. The first-order valence-electron chi connectivity index (χ1n) is 22.6. The van der Waals surface area contributed by atoms with E-state index in [0.717, 1.165) is 17.4 Å². The van der Waals surface area contributed by atoms with Gasteiger partial charge in [-0.15, -0.1) is 0 Å². The van der Waals surface area contributed by atoms with Crippen molar-refractivity contribution >= 4 is 65.0 Å². The number of rotatable bonds is 30. The van der Waals surface area contributed by atoms with Gasteiger partial charge in [0.15, 0.2) is 0 Å². The minimum atomic E-state index is -1.91. The van der Waals surface area contributed by atoms with Gasteiger partial charge in [0.25, 0.3) is 0 Å². The van der Waals surface area contributed by atoms with Gasteiger partial charge in [-0.2, -0.15) is 0 Å². The van der Waals surface area contributed by atoms with Crippen molar-refractivity contribution < 1.29 is 83.4 Å².